The van der Waals surface area contributed by atoms with Gasteiger partial charge >= 0.3 is 43.1 Å². The molecule has 0 rings (SSSR count). The van der Waals surface area contributed by atoms with Gasteiger partial charge in [-0.15, -0.1) is 0 Å². The minimum absolute atomic E-state index is 1.54. The van der Waals surface area contributed by atoms with Crippen LogP contribution in [-0.4, -0.2) is 7.11 Å². The average Bonchev–Trinajstić information content (AvgIpc) is 1.35. The minimum atomic E-state index is -1.54. The summed E-state index contributed by atoms with van der Waals surface area (Å²) in [6.07, 6.45) is 0. The average molecular weight is 124 g/mol. The zero-order valence-corrected chi connectivity index (χ0v) is 6.47. The van der Waals surface area contributed by atoms with Crippen molar-refractivity contribution in [2.24, 2.45) is 0 Å². The van der Waals surface area contributed by atoms with Gasteiger partial charge in [0, 0.05) is 0 Å². The predicted octanol–water partition coefficient (Wildman–Crippen LogP) is 1.85. The van der Waals surface area contributed by atoms with E-state index in [2.05, 4.69) is 15.7 Å². The third-order valence-corrected chi connectivity index (χ3v) is 2.52. The Bertz CT molecular complexity index is 37.3. The van der Waals surface area contributed by atoms with Crippen LogP contribution in [0.2, 0.25) is 15.7 Å². The normalized spacial score (nSPS) is 12.0. The second kappa shape index (κ2) is 2.11. The van der Waals surface area contributed by atoms with Crippen molar-refractivity contribution < 1.29 is 20.3 Å². The summed E-state index contributed by atoms with van der Waals surface area (Å²) in [4.78, 5) is 0. The molecule has 1 nitrogen and oxygen atoms in total. The van der Waals surface area contributed by atoms with Gasteiger partial charge in [-0.1, -0.05) is 0 Å². The van der Waals surface area contributed by atoms with E-state index in [4.69, 9.17) is 3.32 Å². The molecule has 0 aliphatic rings. The van der Waals surface area contributed by atoms with E-state index >= 15 is 0 Å². The summed E-state index contributed by atoms with van der Waals surface area (Å²) in [5.41, 5.74) is 0. The predicted molar refractivity (Wildman–Crippen MR) is 24.6 cm³/mol. The van der Waals surface area contributed by atoms with Gasteiger partial charge in [0.15, 0.2) is 0 Å². The van der Waals surface area contributed by atoms with Crippen molar-refractivity contribution >= 4 is 0 Å². The van der Waals surface area contributed by atoms with Gasteiger partial charge in [-0.3, -0.25) is 0 Å². The summed E-state index contributed by atoms with van der Waals surface area (Å²) >= 11 is -1.54. The van der Waals surface area contributed by atoms with Crippen LogP contribution in [0.3, 0.4) is 0 Å². The van der Waals surface area contributed by atoms with Crippen LogP contribution < -0.4 is 0 Å². The fraction of sp³-hybridized carbons (Fsp3) is 1.00. The fourth-order valence-corrected chi connectivity index (χ4v) is 0. The van der Waals surface area contributed by atoms with E-state index in [1.165, 1.54) is 0 Å². The Balaban J connectivity index is 3.17. The van der Waals surface area contributed by atoms with Crippen molar-refractivity contribution in [3.05, 3.63) is 0 Å². The van der Waals surface area contributed by atoms with Crippen molar-refractivity contribution in [1.29, 1.82) is 0 Å². The molecular weight excluding hydrogens is 112 g/mol. The fourth-order valence-electron chi connectivity index (χ4n) is 0. The summed E-state index contributed by atoms with van der Waals surface area (Å²) in [6, 6.07) is 0. The second-order valence-corrected chi connectivity index (χ2v) is 9.55. The maximum absolute atomic E-state index is 5.12. The van der Waals surface area contributed by atoms with Crippen LogP contribution in [0.1, 0.15) is 0 Å². The molecule has 0 spiro atoms. The molecule has 6 heavy (non-hydrogen) atoms. The van der Waals surface area contributed by atoms with Gasteiger partial charge in [0.05, 0.1) is 0 Å². The summed E-state index contributed by atoms with van der Waals surface area (Å²) in [7, 11) is 1.79. The Morgan fingerprint density at radius 1 is 1.17 bits per heavy atom. The molecule has 2 heteroatoms. The molecule has 0 saturated carbocycles. The Morgan fingerprint density at radius 3 is 1.33 bits per heavy atom. The van der Waals surface area contributed by atoms with Gasteiger partial charge in [-0.05, 0) is 0 Å². The Labute approximate surface area is 43.5 Å². The van der Waals surface area contributed by atoms with E-state index in [-0.39, 0.29) is 0 Å². The van der Waals surface area contributed by atoms with Gasteiger partial charge < -0.3 is 0 Å². The van der Waals surface area contributed by atoms with Gasteiger partial charge in [0.2, 0.25) is 0 Å². The molecule has 0 fully saturated rings. The zero-order chi connectivity index (χ0) is 5.21. The van der Waals surface area contributed by atoms with E-state index in [0.717, 1.165) is 0 Å². The van der Waals surface area contributed by atoms with E-state index < -0.39 is 17.0 Å². The first-order valence-electron chi connectivity index (χ1n) is 2.11. The second-order valence-electron chi connectivity index (χ2n) is 2.32. The van der Waals surface area contributed by atoms with E-state index in [1.54, 1.807) is 7.11 Å². The molecule has 0 heterocycles. The quantitative estimate of drug-likeness (QED) is 0.484. The Hall–Kier alpha value is 0.674. The Kier molecular flexibility index (Phi) is 2.34. The third-order valence-electron chi connectivity index (χ3n) is 0.612. The topological polar surface area (TPSA) is 9.23 Å². The molecule has 0 radical (unpaired) electrons. The molecule has 0 atom stereocenters. The number of hydrogen-bond acceptors (Lipinski definition) is 1. The first kappa shape index (κ1) is 6.67. The van der Waals surface area contributed by atoms with Crippen molar-refractivity contribution in [3.8, 4) is 0 Å². The van der Waals surface area contributed by atoms with Gasteiger partial charge in [-0.25, -0.2) is 0 Å². The van der Waals surface area contributed by atoms with Gasteiger partial charge in [-0.2, -0.15) is 0 Å². The molecule has 0 N–H and O–H groups in total. The van der Waals surface area contributed by atoms with E-state index in [1.807, 2.05) is 0 Å². The van der Waals surface area contributed by atoms with Gasteiger partial charge in [0.1, 0.15) is 0 Å². The summed E-state index contributed by atoms with van der Waals surface area (Å²) < 4.78 is 5.12. The SMILES string of the molecule is C[O][Ti]([CH3])([CH3])[CH3]. The molecule has 0 unspecified atom stereocenters. The number of rotatable bonds is 1. The third kappa shape index (κ3) is 4.67. The van der Waals surface area contributed by atoms with E-state index in [9.17, 15) is 0 Å². The molecule has 38 valence electrons. The maximum atomic E-state index is 5.12. The first-order chi connectivity index (χ1) is 2.56. The first-order valence-corrected chi connectivity index (χ1v) is 7.43. The molecule has 0 aliphatic carbocycles. The van der Waals surface area contributed by atoms with Gasteiger partial charge in [0.25, 0.3) is 0 Å². The standard InChI is InChI=1S/CH3O.3CH3.Ti/c1-2;;;;/h1H3;3*1H3;/q-1;;;;+1. The summed E-state index contributed by atoms with van der Waals surface area (Å²) in [6.45, 7) is 0. The molecule has 0 amide bonds. The van der Waals surface area contributed by atoms with Crippen LogP contribution in [0.15, 0.2) is 0 Å². The van der Waals surface area contributed by atoms with Crippen LogP contribution in [-0.2, 0) is 20.3 Å². The Morgan fingerprint density at radius 2 is 1.33 bits per heavy atom. The molecule has 0 aromatic rings. The van der Waals surface area contributed by atoms with Crippen LogP contribution in [0, 0.1) is 0 Å². The van der Waals surface area contributed by atoms with Crippen LogP contribution in [0.5, 0.6) is 0 Å². The van der Waals surface area contributed by atoms with Crippen LogP contribution in [0.25, 0.3) is 0 Å². The summed E-state index contributed by atoms with van der Waals surface area (Å²) in [5, 5.41) is 6.62. The molecule has 0 aromatic carbocycles. The van der Waals surface area contributed by atoms with Crippen molar-refractivity contribution in [3.63, 3.8) is 0 Å². The molecule has 0 saturated heterocycles. The van der Waals surface area contributed by atoms with Crippen LogP contribution in [0.4, 0.5) is 0 Å². The van der Waals surface area contributed by atoms with Crippen molar-refractivity contribution in [2.75, 3.05) is 7.11 Å². The molecule has 0 bridgehead atoms. The van der Waals surface area contributed by atoms with Crippen molar-refractivity contribution in [1.82, 2.24) is 0 Å². The molecule has 0 aromatic heterocycles. The van der Waals surface area contributed by atoms with Crippen LogP contribution >= 0.6 is 0 Å². The monoisotopic (exact) mass is 124 g/mol. The van der Waals surface area contributed by atoms with E-state index in [0.29, 0.717) is 0 Å². The molecular formula is C4H12OTi. The molecule has 0 aliphatic heterocycles. The number of hydrogen-bond donors (Lipinski definition) is 0. The summed E-state index contributed by atoms with van der Waals surface area (Å²) in [5.74, 6) is 0. The van der Waals surface area contributed by atoms with Crippen molar-refractivity contribution in [2.45, 2.75) is 15.7 Å². The zero-order valence-electron chi connectivity index (χ0n) is 4.91.